The van der Waals surface area contributed by atoms with E-state index in [1.54, 1.807) is 29.1 Å². The molecule has 1 aromatic heterocycles. The zero-order valence-electron chi connectivity index (χ0n) is 13.3. The summed E-state index contributed by atoms with van der Waals surface area (Å²) in [5.74, 6) is 1.01. The highest BCUT2D eigenvalue weighted by molar-refractivity contribution is 6.30. The number of hydrogen-bond donors (Lipinski definition) is 2. The van der Waals surface area contributed by atoms with Crippen LogP contribution in [-0.2, 0) is 9.59 Å². The van der Waals surface area contributed by atoms with Crippen LogP contribution in [0.5, 0.6) is 0 Å². The van der Waals surface area contributed by atoms with Crippen molar-refractivity contribution in [3.05, 3.63) is 41.6 Å². The van der Waals surface area contributed by atoms with Crippen LogP contribution in [0.4, 0.5) is 5.82 Å². The van der Waals surface area contributed by atoms with E-state index in [2.05, 4.69) is 15.7 Å². The van der Waals surface area contributed by atoms with E-state index in [1.165, 1.54) is 0 Å². The first-order valence-corrected chi connectivity index (χ1v) is 8.30. The van der Waals surface area contributed by atoms with Crippen LogP contribution >= 0.6 is 11.6 Å². The van der Waals surface area contributed by atoms with Crippen LogP contribution in [0.1, 0.15) is 19.8 Å². The lowest BCUT2D eigenvalue weighted by molar-refractivity contribution is -0.122. The third-order valence-corrected chi connectivity index (χ3v) is 4.30. The van der Waals surface area contributed by atoms with Crippen LogP contribution in [0.2, 0.25) is 5.02 Å². The van der Waals surface area contributed by atoms with E-state index < -0.39 is 0 Å². The summed E-state index contributed by atoms with van der Waals surface area (Å²) in [6.45, 7) is 2.38. The zero-order chi connectivity index (χ0) is 17.1. The SMILES string of the molecule is C[C@H]1C[C@@H]1C(=O)NCCC(=O)Nc1ccnn1-c1cccc(Cl)c1. The highest BCUT2D eigenvalue weighted by atomic mass is 35.5. The quantitative estimate of drug-likeness (QED) is 0.844. The molecule has 2 aromatic rings. The second kappa shape index (κ2) is 7.05. The first-order valence-electron chi connectivity index (χ1n) is 7.92. The maximum absolute atomic E-state index is 12.1. The number of aromatic nitrogens is 2. The first kappa shape index (κ1) is 16.5. The monoisotopic (exact) mass is 346 g/mol. The molecular formula is C17H19ClN4O2. The Labute approximate surface area is 145 Å². The molecule has 2 N–H and O–H groups in total. The van der Waals surface area contributed by atoms with E-state index in [4.69, 9.17) is 11.6 Å². The van der Waals surface area contributed by atoms with Gasteiger partial charge in [0.2, 0.25) is 11.8 Å². The van der Waals surface area contributed by atoms with Crippen LogP contribution in [0.3, 0.4) is 0 Å². The third-order valence-electron chi connectivity index (χ3n) is 4.06. The number of hydrogen-bond acceptors (Lipinski definition) is 3. The zero-order valence-corrected chi connectivity index (χ0v) is 14.1. The molecule has 2 atom stereocenters. The molecule has 0 unspecified atom stereocenters. The Balaban J connectivity index is 1.54. The fraction of sp³-hybridized carbons (Fsp3) is 0.353. The number of benzene rings is 1. The molecule has 0 aliphatic heterocycles. The van der Waals surface area contributed by atoms with Gasteiger partial charge in [-0.1, -0.05) is 24.6 Å². The molecule has 0 spiro atoms. The molecule has 1 heterocycles. The Morgan fingerprint density at radius 2 is 2.17 bits per heavy atom. The van der Waals surface area contributed by atoms with Gasteiger partial charge < -0.3 is 10.6 Å². The molecule has 0 bridgehead atoms. The van der Waals surface area contributed by atoms with Crippen molar-refractivity contribution in [1.82, 2.24) is 15.1 Å². The minimum absolute atomic E-state index is 0.0410. The summed E-state index contributed by atoms with van der Waals surface area (Å²) in [6.07, 6.45) is 2.76. The molecule has 7 heteroatoms. The van der Waals surface area contributed by atoms with E-state index in [-0.39, 0.29) is 24.2 Å². The van der Waals surface area contributed by atoms with Gasteiger partial charge in [-0.15, -0.1) is 0 Å². The smallest absolute Gasteiger partial charge is 0.227 e. The van der Waals surface area contributed by atoms with Gasteiger partial charge in [0.05, 0.1) is 11.9 Å². The second-order valence-corrected chi connectivity index (χ2v) is 6.45. The van der Waals surface area contributed by atoms with Crippen molar-refractivity contribution >= 4 is 29.2 Å². The van der Waals surface area contributed by atoms with Crippen molar-refractivity contribution in [3.8, 4) is 5.69 Å². The van der Waals surface area contributed by atoms with E-state index in [1.807, 2.05) is 19.1 Å². The van der Waals surface area contributed by atoms with Crippen molar-refractivity contribution in [2.45, 2.75) is 19.8 Å². The molecule has 2 amide bonds. The highest BCUT2D eigenvalue weighted by Gasteiger charge is 2.38. The minimum atomic E-state index is -0.178. The molecule has 1 aliphatic rings. The minimum Gasteiger partial charge on any atom is -0.355 e. The molecule has 24 heavy (non-hydrogen) atoms. The average Bonchev–Trinajstić information content (AvgIpc) is 3.10. The van der Waals surface area contributed by atoms with Gasteiger partial charge in [-0.2, -0.15) is 5.10 Å². The summed E-state index contributed by atoms with van der Waals surface area (Å²) in [5, 5.41) is 10.4. The predicted molar refractivity (Wildman–Crippen MR) is 92.1 cm³/mol. The van der Waals surface area contributed by atoms with Crippen LogP contribution < -0.4 is 10.6 Å². The first-order chi connectivity index (χ1) is 11.5. The number of rotatable bonds is 6. The highest BCUT2D eigenvalue weighted by Crippen LogP contribution is 2.37. The van der Waals surface area contributed by atoms with Gasteiger partial charge in [0.15, 0.2) is 0 Å². The lowest BCUT2D eigenvalue weighted by Gasteiger charge is -2.09. The summed E-state index contributed by atoms with van der Waals surface area (Å²) in [5.41, 5.74) is 0.763. The van der Waals surface area contributed by atoms with Gasteiger partial charge in [-0.25, -0.2) is 4.68 Å². The number of anilines is 1. The Morgan fingerprint density at radius 3 is 2.88 bits per heavy atom. The summed E-state index contributed by atoms with van der Waals surface area (Å²) < 4.78 is 1.61. The topological polar surface area (TPSA) is 76.0 Å². The molecule has 0 radical (unpaired) electrons. The number of nitrogens with one attached hydrogen (secondary N) is 2. The van der Waals surface area contributed by atoms with Gasteiger partial charge in [-0.3, -0.25) is 9.59 Å². The van der Waals surface area contributed by atoms with E-state index in [0.717, 1.165) is 12.1 Å². The molecule has 1 saturated carbocycles. The Morgan fingerprint density at radius 1 is 1.38 bits per heavy atom. The molecular weight excluding hydrogens is 328 g/mol. The van der Waals surface area contributed by atoms with Gasteiger partial charge in [0.25, 0.3) is 0 Å². The summed E-state index contributed by atoms with van der Waals surface area (Å²) in [4.78, 5) is 23.8. The van der Waals surface area contributed by atoms with Crippen LogP contribution in [0, 0.1) is 11.8 Å². The van der Waals surface area contributed by atoms with Crippen LogP contribution in [0.15, 0.2) is 36.5 Å². The summed E-state index contributed by atoms with van der Waals surface area (Å²) in [6, 6.07) is 8.92. The van der Waals surface area contributed by atoms with Gasteiger partial charge in [0.1, 0.15) is 5.82 Å². The maximum atomic E-state index is 12.1. The molecule has 1 aliphatic carbocycles. The van der Waals surface area contributed by atoms with Gasteiger partial charge in [0, 0.05) is 30.0 Å². The fourth-order valence-corrected chi connectivity index (χ4v) is 2.72. The average molecular weight is 347 g/mol. The fourth-order valence-electron chi connectivity index (χ4n) is 2.53. The standard InChI is InChI=1S/C17H19ClN4O2/c1-11-9-14(11)17(24)19-7-6-16(23)21-15-5-8-20-22(15)13-4-2-3-12(18)10-13/h2-5,8,10-11,14H,6-7,9H2,1H3,(H,19,24)(H,21,23)/t11-,14-/m0/s1. The third kappa shape index (κ3) is 3.94. The van der Waals surface area contributed by atoms with E-state index >= 15 is 0 Å². The Hall–Kier alpha value is -2.34. The number of amides is 2. The number of carbonyl (C=O) groups is 2. The number of nitrogens with zero attached hydrogens (tertiary/aromatic N) is 2. The van der Waals surface area contributed by atoms with Crippen molar-refractivity contribution in [1.29, 1.82) is 0 Å². The number of carbonyl (C=O) groups excluding carboxylic acids is 2. The van der Waals surface area contributed by atoms with Crippen molar-refractivity contribution in [2.24, 2.45) is 11.8 Å². The van der Waals surface area contributed by atoms with Crippen molar-refractivity contribution in [2.75, 3.05) is 11.9 Å². The van der Waals surface area contributed by atoms with Crippen molar-refractivity contribution < 1.29 is 9.59 Å². The lowest BCUT2D eigenvalue weighted by atomic mass is 10.3. The van der Waals surface area contributed by atoms with Crippen LogP contribution in [0.25, 0.3) is 5.69 Å². The molecule has 6 nitrogen and oxygen atoms in total. The maximum Gasteiger partial charge on any atom is 0.227 e. The molecule has 3 rings (SSSR count). The largest absolute Gasteiger partial charge is 0.355 e. The van der Waals surface area contributed by atoms with E-state index in [9.17, 15) is 9.59 Å². The summed E-state index contributed by atoms with van der Waals surface area (Å²) in [7, 11) is 0. The summed E-state index contributed by atoms with van der Waals surface area (Å²) >= 11 is 5.99. The second-order valence-electron chi connectivity index (χ2n) is 6.02. The van der Waals surface area contributed by atoms with Crippen molar-refractivity contribution in [3.63, 3.8) is 0 Å². The van der Waals surface area contributed by atoms with Gasteiger partial charge >= 0.3 is 0 Å². The Kier molecular flexibility index (Phi) is 4.85. The van der Waals surface area contributed by atoms with E-state index in [0.29, 0.717) is 23.3 Å². The molecule has 1 fully saturated rings. The molecule has 1 aromatic carbocycles. The van der Waals surface area contributed by atoms with Crippen LogP contribution in [-0.4, -0.2) is 28.1 Å². The number of halogens is 1. The Bertz CT molecular complexity index is 759. The van der Waals surface area contributed by atoms with Gasteiger partial charge in [-0.05, 0) is 30.5 Å². The normalized spacial score (nSPS) is 18.9. The predicted octanol–water partition coefficient (Wildman–Crippen LogP) is 2.63. The lowest BCUT2D eigenvalue weighted by Crippen LogP contribution is -2.29. The molecule has 0 saturated heterocycles. The molecule has 126 valence electrons.